The maximum absolute atomic E-state index is 13.2. The highest BCUT2D eigenvalue weighted by Gasteiger charge is 2.40. The van der Waals surface area contributed by atoms with E-state index in [0.717, 1.165) is 16.1 Å². The van der Waals surface area contributed by atoms with E-state index in [4.69, 9.17) is 25.4 Å². The number of rotatable bonds is 15. The number of ether oxygens (including phenoxy) is 1. The molecule has 4 heterocycles. The monoisotopic (exact) mass is 862 g/mol. The quantitative estimate of drug-likeness (QED) is 0.0571. The second kappa shape index (κ2) is 18.4. The molecule has 0 radical (unpaired) electrons. The molecule has 16 nitrogen and oxygen atoms in total. The number of amides is 4. The maximum Gasteiger partial charge on any atom is 0.362 e. The van der Waals surface area contributed by atoms with Crippen molar-refractivity contribution in [1.82, 2.24) is 25.1 Å². The van der Waals surface area contributed by atoms with Gasteiger partial charge in [-0.3, -0.25) is 29.1 Å². The van der Waals surface area contributed by atoms with Crippen LogP contribution in [0.2, 0.25) is 5.02 Å². The molecular weight excluding hydrogens is 819 g/mol. The summed E-state index contributed by atoms with van der Waals surface area (Å²) in [5, 5.41) is 9.23. The number of halogens is 1. The number of imide groups is 1. The third-order valence-corrected chi connectivity index (χ3v) is 13.8. The Labute approximate surface area is 350 Å². The van der Waals surface area contributed by atoms with Gasteiger partial charge in [0, 0.05) is 82.0 Å². The van der Waals surface area contributed by atoms with Crippen LogP contribution in [0, 0.1) is 0 Å². The number of carbonyl (C=O) groups is 4. The van der Waals surface area contributed by atoms with Gasteiger partial charge in [0.15, 0.2) is 5.82 Å². The molecule has 3 N–H and O–H groups in total. The van der Waals surface area contributed by atoms with Gasteiger partial charge >= 0.3 is 7.60 Å². The summed E-state index contributed by atoms with van der Waals surface area (Å²) in [7, 11) is 0.632. The topological polar surface area (TPSA) is 185 Å². The van der Waals surface area contributed by atoms with Gasteiger partial charge in [0.1, 0.15) is 16.8 Å². The molecular formula is C40H44ClN8O8PS. The zero-order chi connectivity index (χ0) is 41.7. The number of hydrogen-bond donors (Lipinski definition) is 3. The van der Waals surface area contributed by atoms with E-state index < -0.39 is 19.5 Å². The maximum atomic E-state index is 13.2. The van der Waals surface area contributed by atoms with Gasteiger partial charge in [-0.15, -0.1) is 11.8 Å². The summed E-state index contributed by atoms with van der Waals surface area (Å²) in [6, 6.07) is 17.6. The Hall–Kier alpha value is -5.19. The number of nitrogens with one attached hydrogen (secondary N) is 3. The minimum atomic E-state index is -3.58. The zero-order valence-corrected chi connectivity index (χ0v) is 35.2. The van der Waals surface area contributed by atoms with E-state index in [9.17, 15) is 23.7 Å². The third kappa shape index (κ3) is 9.19. The summed E-state index contributed by atoms with van der Waals surface area (Å²) >= 11 is 8.06. The average Bonchev–Trinajstić information content (AvgIpc) is 3.59. The van der Waals surface area contributed by atoms with E-state index >= 15 is 0 Å². The molecule has 3 aliphatic heterocycles. The summed E-state index contributed by atoms with van der Waals surface area (Å²) in [4.78, 5) is 66.0. The molecule has 1 aromatic heterocycles. The predicted octanol–water partition coefficient (Wildman–Crippen LogP) is 5.72. The number of piperidine rings is 1. The van der Waals surface area contributed by atoms with Crippen molar-refractivity contribution in [3.05, 3.63) is 83.0 Å². The SMILES string of the molecule is COc1cc(N2CCN(C(=O)CCCSc3cccc4c3CN(C3CCC(=O)NC3=O)C4=O)CC2)ccc1Nc1ncc(Cl)c(Nc2ccccc2P(=O)(OC)OC)n1. The molecule has 7 rings (SSSR count). The molecule has 0 spiro atoms. The molecule has 3 aliphatic rings. The first-order valence-electron chi connectivity index (χ1n) is 19.0. The molecule has 0 bridgehead atoms. The molecule has 4 aromatic rings. The highest BCUT2D eigenvalue weighted by Crippen LogP contribution is 2.47. The summed E-state index contributed by atoms with van der Waals surface area (Å²) in [5.41, 5.74) is 3.48. The van der Waals surface area contributed by atoms with E-state index in [1.54, 1.807) is 54.1 Å². The lowest BCUT2D eigenvalue weighted by Crippen LogP contribution is -2.52. The molecule has 1 atom stereocenters. The molecule has 1 unspecified atom stereocenters. The van der Waals surface area contributed by atoms with Crippen LogP contribution in [0.5, 0.6) is 5.75 Å². The van der Waals surface area contributed by atoms with Crippen LogP contribution in [0.1, 0.15) is 41.6 Å². The van der Waals surface area contributed by atoms with Crippen molar-refractivity contribution in [2.45, 2.75) is 43.2 Å². The van der Waals surface area contributed by atoms with Gasteiger partial charge in [-0.1, -0.05) is 29.8 Å². The van der Waals surface area contributed by atoms with Crippen LogP contribution < -0.4 is 30.9 Å². The smallest absolute Gasteiger partial charge is 0.362 e. The summed E-state index contributed by atoms with van der Waals surface area (Å²) < 4.78 is 29.3. The fourth-order valence-electron chi connectivity index (χ4n) is 7.30. The first-order valence-corrected chi connectivity index (χ1v) is 21.9. The second-order valence-electron chi connectivity index (χ2n) is 13.9. The van der Waals surface area contributed by atoms with Gasteiger partial charge in [-0.25, -0.2) is 4.98 Å². The summed E-state index contributed by atoms with van der Waals surface area (Å²) in [6.07, 6.45) is 3.07. The number of piperazine rings is 1. The van der Waals surface area contributed by atoms with E-state index in [0.29, 0.717) is 85.7 Å². The number of para-hydroxylation sites is 1. The van der Waals surface area contributed by atoms with Gasteiger partial charge < -0.3 is 39.1 Å². The fourth-order valence-corrected chi connectivity index (χ4v) is 9.71. The van der Waals surface area contributed by atoms with Crippen LogP contribution in [-0.4, -0.2) is 103 Å². The van der Waals surface area contributed by atoms with Crippen molar-refractivity contribution >= 4 is 88.7 Å². The highest BCUT2D eigenvalue weighted by atomic mass is 35.5. The Bertz CT molecular complexity index is 2300. The first kappa shape index (κ1) is 42.0. The molecule has 19 heteroatoms. The Morgan fingerprint density at radius 1 is 0.983 bits per heavy atom. The molecule has 3 aromatic carbocycles. The van der Waals surface area contributed by atoms with Crippen molar-refractivity contribution in [3.8, 4) is 5.75 Å². The molecule has 4 amide bonds. The number of hydrogen-bond acceptors (Lipinski definition) is 14. The number of methoxy groups -OCH3 is 1. The third-order valence-electron chi connectivity index (χ3n) is 10.4. The van der Waals surface area contributed by atoms with Crippen LogP contribution in [0.15, 0.2) is 71.8 Å². The Balaban J connectivity index is 0.902. The highest BCUT2D eigenvalue weighted by molar-refractivity contribution is 7.99. The van der Waals surface area contributed by atoms with Gasteiger partial charge in [0.25, 0.3) is 5.91 Å². The lowest BCUT2D eigenvalue weighted by Gasteiger charge is -2.36. The number of carbonyl (C=O) groups excluding carboxylic acids is 4. The standard InChI is InChI=1S/C40H44ClN8O8PS/c1-55-32-22-25(13-14-29(32)44-40-42-23-28(41)37(46-40)43-30-9-4-5-10-33(30)58(54,56-2)57-3)47-17-19-48(20-18-47)36(51)12-7-21-59-34-11-6-8-26-27(34)24-49(39(26)53)31-15-16-35(50)45-38(31)52/h4-6,8-11,13-14,22-23,31H,7,12,15-21,24H2,1-3H3,(H,45,50,52)(H2,42,43,44,46). The van der Waals surface area contributed by atoms with E-state index in [2.05, 4.69) is 30.8 Å². The van der Waals surface area contributed by atoms with E-state index in [-0.39, 0.29) is 40.9 Å². The van der Waals surface area contributed by atoms with Gasteiger partial charge in [0.05, 0.1) is 30.0 Å². The fraction of sp³-hybridized carbons (Fsp3) is 0.350. The second-order valence-corrected chi connectivity index (χ2v) is 17.7. The molecule has 0 aliphatic carbocycles. The lowest BCUT2D eigenvalue weighted by atomic mass is 10.0. The number of nitrogens with zero attached hydrogens (tertiary/aromatic N) is 5. The van der Waals surface area contributed by atoms with E-state index in [1.165, 1.54) is 20.4 Å². The van der Waals surface area contributed by atoms with Crippen LogP contribution in [-0.2, 0) is 34.5 Å². The summed E-state index contributed by atoms with van der Waals surface area (Å²) in [6.45, 7) is 2.79. The Kier molecular flexibility index (Phi) is 13.1. The minimum absolute atomic E-state index is 0.103. The molecule has 2 saturated heterocycles. The van der Waals surface area contributed by atoms with Gasteiger partial charge in [0.2, 0.25) is 23.7 Å². The van der Waals surface area contributed by atoms with Crippen molar-refractivity contribution in [2.75, 3.05) is 68.8 Å². The largest absolute Gasteiger partial charge is 0.494 e. The Morgan fingerprint density at radius 3 is 2.51 bits per heavy atom. The van der Waals surface area contributed by atoms with E-state index in [1.807, 2.05) is 35.2 Å². The average molecular weight is 863 g/mol. The summed E-state index contributed by atoms with van der Waals surface area (Å²) in [5.74, 6) is 0.946. The Morgan fingerprint density at radius 2 is 1.76 bits per heavy atom. The predicted molar refractivity (Wildman–Crippen MR) is 226 cm³/mol. The number of aromatic nitrogens is 2. The zero-order valence-electron chi connectivity index (χ0n) is 32.7. The van der Waals surface area contributed by atoms with Crippen LogP contribution in [0.25, 0.3) is 0 Å². The number of thioether (sulfide) groups is 1. The minimum Gasteiger partial charge on any atom is -0.494 e. The number of anilines is 5. The number of benzene rings is 3. The van der Waals surface area contributed by atoms with Crippen molar-refractivity contribution < 1.29 is 37.5 Å². The van der Waals surface area contributed by atoms with Crippen molar-refractivity contribution in [1.29, 1.82) is 0 Å². The van der Waals surface area contributed by atoms with Crippen LogP contribution in [0.3, 0.4) is 0 Å². The lowest BCUT2D eigenvalue weighted by molar-refractivity contribution is -0.137. The van der Waals surface area contributed by atoms with Crippen molar-refractivity contribution in [2.24, 2.45) is 0 Å². The normalized spacial score (nSPS) is 16.8. The first-order chi connectivity index (χ1) is 28.5. The molecule has 310 valence electrons. The molecule has 2 fully saturated rings. The number of fused-ring (bicyclic) bond motifs is 1. The van der Waals surface area contributed by atoms with Gasteiger partial charge in [-0.05, 0) is 60.6 Å². The van der Waals surface area contributed by atoms with Crippen LogP contribution >= 0.6 is 31.0 Å². The van der Waals surface area contributed by atoms with Crippen LogP contribution in [0.4, 0.5) is 28.8 Å². The van der Waals surface area contributed by atoms with Crippen molar-refractivity contribution in [3.63, 3.8) is 0 Å². The molecule has 59 heavy (non-hydrogen) atoms. The van der Waals surface area contributed by atoms with Gasteiger partial charge in [-0.2, -0.15) is 4.98 Å². The molecule has 0 saturated carbocycles.